The predicted octanol–water partition coefficient (Wildman–Crippen LogP) is 2.44. The number of hydrogen-bond donors (Lipinski definition) is 1. The zero-order valence-corrected chi connectivity index (χ0v) is 16.0. The monoisotopic (exact) mass is 370 g/mol. The lowest BCUT2D eigenvalue weighted by molar-refractivity contribution is -0.187. The summed E-state index contributed by atoms with van der Waals surface area (Å²) in [5.41, 5.74) is 3.65. The number of H-pyrrole nitrogens is 1. The summed E-state index contributed by atoms with van der Waals surface area (Å²) in [7, 11) is 0. The molecule has 0 aliphatic carbocycles. The minimum Gasteiger partial charge on any atom is -0.347 e. The van der Waals surface area contributed by atoms with Gasteiger partial charge in [-0.15, -0.1) is 0 Å². The first-order valence-corrected chi connectivity index (χ1v) is 9.65. The van der Waals surface area contributed by atoms with Crippen LogP contribution in [0.15, 0.2) is 23.0 Å². The van der Waals surface area contributed by atoms with Crippen molar-refractivity contribution in [2.24, 2.45) is 0 Å². The number of ether oxygens (including phenoxy) is 2. The number of nitrogens with zero attached hydrogens (tertiary/aromatic N) is 1. The van der Waals surface area contributed by atoms with Gasteiger partial charge in [-0.05, 0) is 43.4 Å². The normalized spacial score (nSPS) is 19.1. The average molecular weight is 370 g/mol. The molecule has 1 aromatic carbocycles. The number of amides is 1. The molecule has 1 N–H and O–H groups in total. The van der Waals surface area contributed by atoms with Crippen LogP contribution in [0.2, 0.25) is 0 Å². The van der Waals surface area contributed by atoms with Crippen LogP contribution in [-0.2, 0) is 20.7 Å². The van der Waals surface area contributed by atoms with Gasteiger partial charge < -0.3 is 19.4 Å². The molecule has 2 fully saturated rings. The van der Waals surface area contributed by atoms with Gasteiger partial charge in [0.05, 0.1) is 18.7 Å². The molecule has 1 amide bonds. The van der Waals surface area contributed by atoms with E-state index in [1.807, 2.05) is 24.8 Å². The number of pyridine rings is 1. The van der Waals surface area contributed by atoms with E-state index in [1.165, 1.54) is 0 Å². The average Bonchev–Trinajstić information content (AvgIpc) is 3.09. The quantitative estimate of drug-likeness (QED) is 0.901. The predicted molar refractivity (Wildman–Crippen MR) is 103 cm³/mol. The Kier molecular flexibility index (Phi) is 4.78. The van der Waals surface area contributed by atoms with Gasteiger partial charge in [0, 0.05) is 37.9 Å². The van der Waals surface area contributed by atoms with E-state index < -0.39 is 5.79 Å². The van der Waals surface area contributed by atoms with E-state index in [2.05, 4.69) is 17.1 Å². The topological polar surface area (TPSA) is 71.6 Å². The second-order valence-electron chi connectivity index (χ2n) is 7.66. The summed E-state index contributed by atoms with van der Waals surface area (Å²) in [6, 6.07) is 6.05. The van der Waals surface area contributed by atoms with Crippen LogP contribution in [0, 0.1) is 13.8 Å². The molecule has 2 aliphatic heterocycles. The van der Waals surface area contributed by atoms with Crippen LogP contribution in [0.5, 0.6) is 0 Å². The van der Waals surface area contributed by atoms with Crippen LogP contribution in [0.25, 0.3) is 10.9 Å². The van der Waals surface area contributed by atoms with Crippen LogP contribution in [0.4, 0.5) is 0 Å². The first kappa shape index (κ1) is 18.2. The maximum atomic E-state index is 12.6. The van der Waals surface area contributed by atoms with Crippen molar-refractivity contribution >= 4 is 16.8 Å². The molecule has 1 aromatic heterocycles. The molecule has 6 nitrogen and oxygen atoms in total. The number of fused-ring (bicyclic) bond motifs is 1. The summed E-state index contributed by atoms with van der Waals surface area (Å²) in [6.07, 6.45) is 2.22. The number of piperidine rings is 1. The maximum Gasteiger partial charge on any atom is 0.251 e. The molecule has 0 saturated carbocycles. The fourth-order valence-electron chi connectivity index (χ4n) is 4.20. The molecule has 3 heterocycles. The van der Waals surface area contributed by atoms with E-state index in [1.54, 1.807) is 0 Å². The first-order valence-electron chi connectivity index (χ1n) is 9.65. The van der Waals surface area contributed by atoms with Crippen LogP contribution >= 0.6 is 0 Å². The Morgan fingerprint density at radius 1 is 1.15 bits per heavy atom. The number of aromatic nitrogens is 1. The Hall–Kier alpha value is -2.18. The lowest BCUT2D eigenvalue weighted by Crippen LogP contribution is -2.47. The van der Waals surface area contributed by atoms with Crippen molar-refractivity contribution in [1.29, 1.82) is 0 Å². The van der Waals surface area contributed by atoms with Crippen molar-refractivity contribution < 1.29 is 14.3 Å². The van der Waals surface area contributed by atoms with Gasteiger partial charge in [0.25, 0.3) is 5.56 Å². The van der Waals surface area contributed by atoms with Crippen molar-refractivity contribution in [3.8, 4) is 0 Å². The fraction of sp³-hybridized carbons (Fsp3) is 0.524. The molecule has 6 heteroatoms. The number of carbonyl (C=O) groups is 1. The summed E-state index contributed by atoms with van der Waals surface area (Å²) in [6.45, 7) is 6.60. The molecule has 4 rings (SSSR count). The lowest BCUT2D eigenvalue weighted by Gasteiger charge is -2.37. The number of aromatic amines is 1. The number of nitrogens with one attached hydrogen (secondary N) is 1. The molecule has 144 valence electrons. The highest BCUT2D eigenvalue weighted by molar-refractivity contribution is 5.83. The molecule has 27 heavy (non-hydrogen) atoms. The van der Waals surface area contributed by atoms with E-state index in [0.29, 0.717) is 57.6 Å². The summed E-state index contributed by atoms with van der Waals surface area (Å²) in [5, 5.41) is 1.02. The molecule has 2 aromatic rings. The van der Waals surface area contributed by atoms with E-state index in [9.17, 15) is 9.59 Å². The SMILES string of the molecule is Cc1cc(C)c2[nH]c(=O)c(CCC(=O)N3CCC4(CC3)OCCO4)cc2c1. The second kappa shape index (κ2) is 7.09. The molecule has 2 saturated heterocycles. The number of hydrogen-bond acceptors (Lipinski definition) is 4. The van der Waals surface area contributed by atoms with Crippen LogP contribution in [0.1, 0.15) is 36.0 Å². The zero-order chi connectivity index (χ0) is 19.0. The van der Waals surface area contributed by atoms with Gasteiger partial charge in [-0.3, -0.25) is 9.59 Å². The van der Waals surface area contributed by atoms with Gasteiger partial charge >= 0.3 is 0 Å². The summed E-state index contributed by atoms with van der Waals surface area (Å²) in [4.78, 5) is 29.8. The molecule has 1 spiro atoms. The highest BCUT2D eigenvalue weighted by atomic mass is 16.7. The first-order chi connectivity index (χ1) is 13.0. The van der Waals surface area contributed by atoms with Gasteiger partial charge in [-0.1, -0.05) is 11.6 Å². The lowest BCUT2D eigenvalue weighted by atomic mass is 10.0. The second-order valence-corrected chi connectivity index (χ2v) is 7.66. The third-order valence-electron chi connectivity index (χ3n) is 5.67. The Balaban J connectivity index is 1.42. The summed E-state index contributed by atoms with van der Waals surface area (Å²) in [5.74, 6) is -0.384. The Morgan fingerprint density at radius 3 is 2.56 bits per heavy atom. The highest BCUT2D eigenvalue weighted by Crippen LogP contribution is 2.31. The standard InChI is InChI=1S/C21H26N2O4/c1-14-11-15(2)19-17(12-14)13-16(20(25)22-19)3-4-18(24)23-7-5-21(6-8-23)26-9-10-27-21/h11-13H,3-10H2,1-2H3,(H,22,25). The number of rotatable bonds is 3. The van der Waals surface area contributed by atoms with E-state index >= 15 is 0 Å². The Bertz CT molecular complexity index is 918. The highest BCUT2D eigenvalue weighted by Gasteiger charge is 2.40. The van der Waals surface area contributed by atoms with Crippen molar-refractivity contribution in [3.05, 3.63) is 45.2 Å². The molecule has 0 unspecified atom stereocenters. The van der Waals surface area contributed by atoms with E-state index in [0.717, 1.165) is 22.0 Å². The molecule has 0 atom stereocenters. The molecule has 2 aliphatic rings. The van der Waals surface area contributed by atoms with Gasteiger partial charge in [0.2, 0.25) is 5.91 Å². The maximum absolute atomic E-state index is 12.6. The van der Waals surface area contributed by atoms with Crippen LogP contribution in [-0.4, -0.2) is 47.9 Å². The number of aryl methyl sites for hydroxylation is 3. The van der Waals surface area contributed by atoms with Gasteiger partial charge in [0.1, 0.15) is 0 Å². The molecule has 0 bridgehead atoms. The summed E-state index contributed by atoms with van der Waals surface area (Å²) >= 11 is 0. The summed E-state index contributed by atoms with van der Waals surface area (Å²) < 4.78 is 11.4. The molecule has 0 radical (unpaired) electrons. The van der Waals surface area contributed by atoms with Gasteiger partial charge in [0.15, 0.2) is 5.79 Å². The van der Waals surface area contributed by atoms with E-state index in [-0.39, 0.29) is 11.5 Å². The van der Waals surface area contributed by atoms with Crippen LogP contribution in [0.3, 0.4) is 0 Å². The van der Waals surface area contributed by atoms with Gasteiger partial charge in [-0.25, -0.2) is 0 Å². The fourth-order valence-corrected chi connectivity index (χ4v) is 4.20. The van der Waals surface area contributed by atoms with Gasteiger partial charge in [-0.2, -0.15) is 0 Å². The minimum atomic E-state index is -0.470. The molecular weight excluding hydrogens is 344 g/mol. The third-order valence-corrected chi connectivity index (χ3v) is 5.67. The van der Waals surface area contributed by atoms with Crippen molar-refractivity contribution in [1.82, 2.24) is 9.88 Å². The van der Waals surface area contributed by atoms with Crippen molar-refractivity contribution in [3.63, 3.8) is 0 Å². The minimum absolute atomic E-state index is 0.0859. The van der Waals surface area contributed by atoms with Crippen molar-refractivity contribution in [2.75, 3.05) is 26.3 Å². The van der Waals surface area contributed by atoms with E-state index in [4.69, 9.17) is 9.47 Å². The third kappa shape index (κ3) is 3.64. The smallest absolute Gasteiger partial charge is 0.251 e. The molecular formula is C21H26N2O4. The number of benzene rings is 1. The van der Waals surface area contributed by atoms with Crippen molar-refractivity contribution in [2.45, 2.75) is 45.3 Å². The Labute approximate surface area is 158 Å². The zero-order valence-electron chi connectivity index (χ0n) is 16.0. The Morgan fingerprint density at radius 2 is 1.85 bits per heavy atom. The van der Waals surface area contributed by atoms with Crippen LogP contribution < -0.4 is 5.56 Å². The number of likely N-dealkylation sites (tertiary alicyclic amines) is 1. The largest absolute Gasteiger partial charge is 0.347 e. The number of carbonyl (C=O) groups excluding carboxylic acids is 1.